The third-order valence-electron chi connectivity index (χ3n) is 4.42. The standard InChI is InChI=1S/C16H27N5/c1-16(2,21-7-5-19(3)6-8-21)13-18-11-14-9-15(10-17)20(4)12-14/h9,12,18H,5-8,11,13H2,1-4H3. The van der Waals surface area contributed by atoms with E-state index in [0.29, 0.717) is 5.69 Å². The Bertz CT molecular complexity index is 503. The van der Waals surface area contributed by atoms with Gasteiger partial charge in [-0.2, -0.15) is 5.26 Å². The van der Waals surface area contributed by atoms with E-state index < -0.39 is 0 Å². The molecule has 5 heteroatoms. The quantitative estimate of drug-likeness (QED) is 0.879. The molecular weight excluding hydrogens is 262 g/mol. The second-order valence-corrected chi connectivity index (χ2v) is 6.66. The van der Waals surface area contributed by atoms with Gasteiger partial charge in [0.1, 0.15) is 11.8 Å². The molecule has 1 aromatic heterocycles. The van der Waals surface area contributed by atoms with Gasteiger partial charge < -0.3 is 14.8 Å². The molecule has 0 radical (unpaired) electrons. The topological polar surface area (TPSA) is 47.2 Å². The highest BCUT2D eigenvalue weighted by Gasteiger charge is 2.28. The minimum atomic E-state index is 0.161. The molecular formula is C16H27N5. The van der Waals surface area contributed by atoms with Crippen LogP contribution in [0.2, 0.25) is 0 Å². The van der Waals surface area contributed by atoms with Gasteiger partial charge in [-0.15, -0.1) is 0 Å². The fourth-order valence-electron chi connectivity index (χ4n) is 2.88. The van der Waals surface area contributed by atoms with Crippen molar-refractivity contribution >= 4 is 0 Å². The summed E-state index contributed by atoms with van der Waals surface area (Å²) in [6, 6.07) is 4.15. The second-order valence-electron chi connectivity index (χ2n) is 6.66. The van der Waals surface area contributed by atoms with E-state index in [2.05, 4.69) is 42.1 Å². The minimum Gasteiger partial charge on any atom is -0.342 e. The zero-order valence-corrected chi connectivity index (χ0v) is 13.7. The summed E-state index contributed by atoms with van der Waals surface area (Å²) in [5.74, 6) is 0. The van der Waals surface area contributed by atoms with Crippen molar-refractivity contribution in [1.82, 2.24) is 19.7 Å². The van der Waals surface area contributed by atoms with E-state index in [-0.39, 0.29) is 5.54 Å². The van der Waals surface area contributed by atoms with E-state index in [1.165, 1.54) is 5.56 Å². The van der Waals surface area contributed by atoms with Gasteiger partial charge in [0.15, 0.2) is 0 Å². The van der Waals surface area contributed by atoms with Gasteiger partial charge in [-0.3, -0.25) is 4.90 Å². The molecule has 1 aromatic rings. The van der Waals surface area contributed by atoms with E-state index in [4.69, 9.17) is 5.26 Å². The van der Waals surface area contributed by atoms with Crippen LogP contribution in [-0.4, -0.2) is 59.7 Å². The second kappa shape index (κ2) is 6.61. The van der Waals surface area contributed by atoms with Crippen LogP contribution in [0.1, 0.15) is 25.1 Å². The molecule has 2 rings (SSSR count). The molecule has 1 aliphatic heterocycles. The first-order valence-electron chi connectivity index (χ1n) is 7.62. The molecule has 2 heterocycles. The predicted molar refractivity (Wildman–Crippen MR) is 85.0 cm³/mol. The van der Waals surface area contributed by atoms with Crippen molar-refractivity contribution in [2.24, 2.45) is 7.05 Å². The summed E-state index contributed by atoms with van der Waals surface area (Å²) in [5, 5.41) is 12.5. The van der Waals surface area contributed by atoms with Crippen LogP contribution >= 0.6 is 0 Å². The van der Waals surface area contributed by atoms with Gasteiger partial charge in [0.2, 0.25) is 0 Å². The van der Waals surface area contributed by atoms with Crippen LogP contribution in [0.25, 0.3) is 0 Å². The number of hydrogen-bond donors (Lipinski definition) is 1. The summed E-state index contributed by atoms with van der Waals surface area (Å²) in [4.78, 5) is 4.94. The van der Waals surface area contributed by atoms with Gasteiger partial charge >= 0.3 is 0 Å². The third kappa shape index (κ3) is 4.07. The van der Waals surface area contributed by atoms with Crippen molar-refractivity contribution in [3.8, 4) is 6.07 Å². The van der Waals surface area contributed by atoms with E-state index in [1.807, 2.05) is 23.9 Å². The Kier molecular flexibility index (Phi) is 5.04. The molecule has 0 unspecified atom stereocenters. The molecule has 0 aliphatic carbocycles. The molecule has 1 aliphatic rings. The number of nitriles is 1. The fraction of sp³-hybridized carbons (Fsp3) is 0.688. The number of likely N-dealkylation sites (N-methyl/N-ethyl adjacent to an activating group) is 1. The van der Waals surface area contributed by atoms with Crippen LogP contribution in [0.15, 0.2) is 12.3 Å². The molecule has 0 atom stereocenters. The molecule has 0 aromatic carbocycles. The minimum absolute atomic E-state index is 0.161. The average Bonchev–Trinajstić information content (AvgIpc) is 2.79. The molecule has 1 N–H and O–H groups in total. The first-order valence-corrected chi connectivity index (χ1v) is 7.62. The number of hydrogen-bond acceptors (Lipinski definition) is 4. The number of piperazine rings is 1. The lowest BCUT2D eigenvalue weighted by Gasteiger charge is -2.43. The third-order valence-corrected chi connectivity index (χ3v) is 4.42. The Hall–Kier alpha value is -1.35. The van der Waals surface area contributed by atoms with Crippen LogP contribution in [0, 0.1) is 11.3 Å². The van der Waals surface area contributed by atoms with Gasteiger partial charge in [0.25, 0.3) is 0 Å². The lowest BCUT2D eigenvalue weighted by Crippen LogP contribution is -2.57. The molecule has 0 amide bonds. The highest BCUT2D eigenvalue weighted by atomic mass is 15.3. The first-order chi connectivity index (χ1) is 9.92. The van der Waals surface area contributed by atoms with Gasteiger partial charge in [0.05, 0.1) is 0 Å². The molecule has 0 spiro atoms. The van der Waals surface area contributed by atoms with E-state index in [1.54, 1.807) is 0 Å². The van der Waals surface area contributed by atoms with Crippen molar-refractivity contribution in [2.75, 3.05) is 39.8 Å². The Morgan fingerprint density at radius 2 is 1.90 bits per heavy atom. The lowest BCUT2D eigenvalue weighted by atomic mass is 10.0. The van der Waals surface area contributed by atoms with Gasteiger partial charge in [-0.05, 0) is 32.5 Å². The molecule has 0 saturated carbocycles. The van der Waals surface area contributed by atoms with E-state index >= 15 is 0 Å². The lowest BCUT2D eigenvalue weighted by molar-refractivity contribution is 0.0618. The largest absolute Gasteiger partial charge is 0.342 e. The summed E-state index contributed by atoms with van der Waals surface area (Å²) in [5.41, 5.74) is 2.04. The Morgan fingerprint density at radius 3 is 2.48 bits per heavy atom. The molecule has 1 fully saturated rings. The molecule has 0 bridgehead atoms. The smallest absolute Gasteiger partial charge is 0.120 e. The van der Waals surface area contributed by atoms with Crippen LogP contribution in [0.4, 0.5) is 0 Å². The van der Waals surface area contributed by atoms with E-state index in [9.17, 15) is 0 Å². The van der Waals surface area contributed by atoms with E-state index in [0.717, 1.165) is 39.3 Å². The summed E-state index contributed by atoms with van der Waals surface area (Å²) >= 11 is 0. The van der Waals surface area contributed by atoms with Crippen LogP contribution in [0.3, 0.4) is 0 Å². The average molecular weight is 289 g/mol. The van der Waals surface area contributed by atoms with Crippen molar-refractivity contribution in [3.63, 3.8) is 0 Å². The van der Waals surface area contributed by atoms with Gasteiger partial charge in [0, 0.05) is 58.1 Å². The Labute approximate surface area is 128 Å². The normalized spacial score (nSPS) is 17.9. The molecule has 116 valence electrons. The van der Waals surface area contributed by atoms with Crippen LogP contribution in [0.5, 0.6) is 0 Å². The first kappa shape index (κ1) is 16.0. The van der Waals surface area contributed by atoms with Crippen molar-refractivity contribution in [2.45, 2.75) is 25.9 Å². The summed E-state index contributed by atoms with van der Waals surface area (Å²) < 4.78 is 1.88. The summed E-state index contributed by atoms with van der Waals surface area (Å²) in [6.45, 7) is 10.9. The number of nitrogens with one attached hydrogen (secondary N) is 1. The Morgan fingerprint density at radius 1 is 1.24 bits per heavy atom. The maximum absolute atomic E-state index is 8.98. The predicted octanol–water partition coefficient (Wildman–Crippen LogP) is 1.01. The van der Waals surface area contributed by atoms with Crippen molar-refractivity contribution < 1.29 is 0 Å². The van der Waals surface area contributed by atoms with Gasteiger partial charge in [-0.25, -0.2) is 0 Å². The number of aryl methyl sites for hydroxylation is 1. The highest BCUT2D eigenvalue weighted by molar-refractivity contribution is 5.28. The highest BCUT2D eigenvalue weighted by Crippen LogP contribution is 2.16. The van der Waals surface area contributed by atoms with Crippen LogP contribution in [-0.2, 0) is 13.6 Å². The zero-order valence-electron chi connectivity index (χ0n) is 13.7. The van der Waals surface area contributed by atoms with Crippen molar-refractivity contribution in [3.05, 3.63) is 23.5 Å². The number of nitrogens with zero attached hydrogens (tertiary/aromatic N) is 4. The monoisotopic (exact) mass is 289 g/mol. The molecule has 21 heavy (non-hydrogen) atoms. The SMILES string of the molecule is CN1CCN(C(C)(C)CNCc2cc(C#N)n(C)c2)CC1. The molecule has 5 nitrogen and oxygen atoms in total. The number of aromatic nitrogens is 1. The maximum Gasteiger partial charge on any atom is 0.120 e. The number of rotatable bonds is 5. The van der Waals surface area contributed by atoms with Crippen LogP contribution < -0.4 is 5.32 Å². The Balaban J connectivity index is 1.82. The van der Waals surface area contributed by atoms with Crippen molar-refractivity contribution in [1.29, 1.82) is 5.26 Å². The van der Waals surface area contributed by atoms with Gasteiger partial charge in [-0.1, -0.05) is 0 Å². The zero-order chi connectivity index (χ0) is 15.5. The summed E-state index contributed by atoms with van der Waals surface area (Å²) in [6.07, 6.45) is 2.02. The molecule has 1 saturated heterocycles. The summed E-state index contributed by atoms with van der Waals surface area (Å²) in [7, 11) is 4.10. The fourth-order valence-corrected chi connectivity index (χ4v) is 2.88. The maximum atomic E-state index is 8.98.